The average molecular weight is 369 g/mol. The highest BCUT2D eigenvalue weighted by Gasteiger charge is 2.22. The first-order chi connectivity index (χ1) is 13.7. The third-order valence-electron chi connectivity index (χ3n) is 5.24. The lowest BCUT2D eigenvalue weighted by Crippen LogP contribution is -2.24. The van der Waals surface area contributed by atoms with Crippen molar-refractivity contribution in [2.75, 3.05) is 11.4 Å². The van der Waals surface area contributed by atoms with Gasteiger partial charge in [0.15, 0.2) is 5.82 Å². The van der Waals surface area contributed by atoms with E-state index in [0.717, 1.165) is 53.6 Å². The summed E-state index contributed by atoms with van der Waals surface area (Å²) in [5.74, 6) is 1.60. The Kier molecular flexibility index (Phi) is 3.83. The van der Waals surface area contributed by atoms with Crippen LogP contribution in [0, 0.1) is 11.3 Å². The summed E-state index contributed by atoms with van der Waals surface area (Å²) in [5.41, 5.74) is 4.64. The van der Waals surface area contributed by atoms with Crippen molar-refractivity contribution in [1.29, 1.82) is 5.26 Å². The first kappa shape index (κ1) is 16.5. The number of fused-ring (bicyclic) bond motifs is 2. The molecule has 4 heterocycles. The molecule has 1 aromatic carbocycles. The van der Waals surface area contributed by atoms with Gasteiger partial charge in [-0.3, -0.25) is 4.68 Å². The van der Waals surface area contributed by atoms with Gasteiger partial charge >= 0.3 is 0 Å². The maximum absolute atomic E-state index is 9.42. The van der Waals surface area contributed by atoms with Gasteiger partial charge in [-0.2, -0.15) is 10.4 Å². The fraction of sp³-hybridized carbons (Fsp3) is 0.238. The summed E-state index contributed by atoms with van der Waals surface area (Å²) in [7, 11) is 2.02. The van der Waals surface area contributed by atoms with Crippen LogP contribution in [0.15, 0.2) is 48.7 Å². The number of pyridine rings is 1. The summed E-state index contributed by atoms with van der Waals surface area (Å²) in [6.45, 7) is 2.35. The molecule has 0 aliphatic carbocycles. The Morgan fingerprint density at radius 1 is 1.11 bits per heavy atom. The molecule has 28 heavy (non-hydrogen) atoms. The number of rotatable bonds is 2. The summed E-state index contributed by atoms with van der Waals surface area (Å²) in [6, 6.07) is 16.1. The van der Waals surface area contributed by atoms with E-state index in [1.165, 1.54) is 0 Å². The van der Waals surface area contributed by atoms with Crippen molar-refractivity contribution in [3.63, 3.8) is 0 Å². The number of imidazole rings is 1. The van der Waals surface area contributed by atoms with Crippen molar-refractivity contribution in [2.45, 2.75) is 19.5 Å². The quantitative estimate of drug-likeness (QED) is 0.543. The zero-order chi connectivity index (χ0) is 19.1. The minimum absolute atomic E-state index is 0.603. The van der Waals surface area contributed by atoms with Gasteiger partial charge in [0.05, 0.1) is 28.8 Å². The highest BCUT2D eigenvalue weighted by Crippen LogP contribution is 2.27. The van der Waals surface area contributed by atoms with E-state index in [0.29, 0.717) is 12.1 Å². The van der Waals surface area contributed by atoms with Crippen molar-refractivity contribution in [1.82, 2.24) is 24.3 Å². The van der Waals surface area contributed by atoms with Gasteiger partial charge in [-0.05, 0) is 36.8 Å². The van der Waals surface area contributed by atoms with Crippen LogP contribution in [0.5, 0.6) is 0 Å². The van der Waals surface area contributed by atoms with E-state index in [-0.39, 0.29) is 0 Å². The van der Waals surface area contributed by atoms with Gasteiger partial charge in [0.25, 0.3) is 0 Å². The summed E-state index contributed by atoms with van der Waals surface area (Å²) in [4.78, 5) is 11.4. The third kappa shape index (κ3) is 2.62. The Balaban J connectivity index is 1.53. The van der Waals surface area contributed by atoms with Crippen molar-refractivity contribution >= 4 is 16.9 Å². The number of nitrogens with zero attached hydrogens (tertiary/aromatic N) is 7. The van der Waals surface area contributed by atoms with Gasteiger partial charge in [0, 0.05) is 26.3 Å². The standard InChI is InChI=1S/C21H19N7/c1-26-19-8-3-2-7-17(19)24-21(26)18-12-16-14-27(10-5-11-28(16)25-18)20-15(13-22)6-4-9-23-20/h2-4,6-9,12H,5,10-11,14H2,1H3. The Hall–Kier alpha value is -3.66. The second-order valence-corrected chi connectivity index (χ2v) is 6.99. The van der Waals surface area contributed by atoms with Gasteiger partial charge < -0.3 is 9.47 Å². The molecule has 0 bridgehead atoms. The molecule has 0 unspecified atom stereocenters. The topological polar surface area (TPSA) is 75.6 Å². The molecule has 7 nitrogen and oxygen atoms in total. The van der Waals surface area contributed by atoms with Crippen LogP contribution >= 0.6 is 0 Å². The highest BCUT2D eigenvalue weighted by atomic mass is 15.3. The summed E-state index contributed by atoms with van der Waals surface area (Å²) < 4.78 is 4.14. The predicted octanol–water partition coefficient (Wildman–Crippen LogP) is 3.11. The van der Waals surface area contributed by atoms with Gasteiger partial charge in [-0.1, -0.05) is 12.1 Å². The molecule has 7 heteroatoms. The molecule has 0 amide bonds. The Morgan fingerprint density at radius 2 is 2.00 bits per heavy atom. The number of benzene rings is 1. The molecule has 0 saturated heterocycles. The molecule has 138 valence electrons. The van der Waals surface area contributed by atoms with E-state index >= 15 is 0 Å². The second-order valence-electron chi connectivity index (χ2n) is 6.99. The van der Waals surface area contributed by atoms with E-state index in [4.69, 9.17) is 10.1 Å². The predicted molar refractivity (Wildman–Crippen MR) is 107 cm³/mol. The van der Waals surface area contributed by atoms with E-state index in [1.807, 2.05) is 31.3 Å². The Morgan fingerprint density at radius 3 is 2.86 bits per heavy atom. The maximum Gasteiger partial charge on any atom is 0.161 e. The number of para-hydroxylation sites is 2. The number of hydrogen-bond acceptors (Lipinski definition) is 5. The molecule has 3 aromatic heterocycles. The van der Waals surface area contributed by atoms with Crippen molar-refractivity contribution in [2.24, 2.45) is 7.05 Å². The largest absolute Gasteiger partial charge is 0.350 e. The minimum atomic E-state index is 0.603. The first-order valence-electron chi connectivity index (χ1n) is 9.33. The van der Waals surface area contributed by atoms with Crippen molar-refractivity contribution in [3.8, 4) is 17.6 Å². The van der Waals surface area contributed by atoms with Gasteiger partial charge in [0.1, 0.15) is 17.6 Å². The Bertz CT molecular complexity index is 1210. The van der Waals surface area contributed by atoms with Crippen LogP contribution in [-0.4, -0.2) is 30.9 Å². The molecule has 0 atom stereocenters. The maximum atomic E-state index is 9.42. The van der Waals surface area contributed by atoms with Gasteiger partial charge in [-0.25, -0.2) is 9.97 Å². The summed E-state index contributed by atoms with van der Waals surface area (Å²) >= 11 is 0. The molecule has 0 radical (unpaired) electrons. The van der Waals surface area contributed by atoms with E-state index in [2.05, 4.69) is 37.3 Å². The molecule has 0 N–H and O–H groups in total. The van der Waals surface area contributed by atoms with Crippen LogP contribution in [0.2, 0.25) is 0 Å². The van der Waals surface area contributed by atoms with Crippen LogP contribution in [0.4, 0.5) is 5.82 Å². The van der Waals surface area contributed by atoms with Crippen LogP contribution in [0.3, 0.4) is 0 Å². The average Bonchev–Trinajstić information content (AvgIpc) is 3.22. The number of aryl methyl sites for hydroxylation is 2. The van der Waals surface area contributed by atoms with Gasteiger partial charge in [0.2, 0.25) is 0 Å². The monoisotopic (exact) mass is 369 g/mol. The zero-order valence-electron chi connectivity index (χ0n) is 15.6. The smallest absolute Gasteiger partial charge is 0.161 e. The molecule has 0 spiro atoms. The molecule has 4 aromatic rings. The number of hydrogen-bond donors (Lipinski definition) is 0. The van der Waals surface area contributed by atoms with Crippen LogP contribution < -0.4 is 4.90 Å². The number of anilines is 1. The zero-order valence-corrected chi connectivity index (χ0v) is 15.6. The fourth-order valence-corrected chi connectivity index (χ4v) is 3.86. The normalized spacial score (nSPS) is 13.9. The van der Waals surface area contributed by atoms with Crippen LogP contribution in [0.1, 0.15) is 17.7 Å². The van der Waals surface area contributed by atoms with E-state index in [9.17, 15) is 5.26 Å². The minimum Gasteiger partial charge on any atom is -0.350 e. The summed E-state index contributed by atoms with van der Waals surface area (Å²) in [6.07, 6.45) is 2.68. The van der Waals surface area contributed by atoms with Crippen molar-refractivity contribution < 1.29 is 0 Å². The molecular weight excluding hydrogens is 350 g/mol. The molecule has 1 aliphatic rings. The number of aromatic nitrogens is 5. The van der Waals surface area contributed by atoms with Crippen LogP contribution in [0.25, 0.3) is 22.6 Å². The fourth-order valence-electron chi connectivity index (χ4n) is 3.86. The molecule has 1 aliphatic heterocycles. The second kappa shape index (κ2) is 6.50. The number of nitriles is 1. The SMILES string of the molecule is Cn1c(-c2cc3n(n2)CCCN(c2ncccc2C#N)C3)nc2ccccc21. The lowest BCUT2D eigenvalue weighted by molar-refractivity contribution is 0.592. The van der Waals surface area contributed by atoms with E-state index in [1.54, 1.807) is 12.3 Å². The van der Waals surface area contributed by atoms with Gasteiger partial charge in [-0.15, -0.1) is 0 Å². The molecule has 5 rings (SSSR count). The molecule has 0 saturated carbocycles. The molecular formula is C21H19N7. The van der Waals surface area contributed by atoms with E-state index < -0.39 is 0 Å². The third-order valence-corrected chi connectivity index (χ3v) is 5.24. The van der Waals surface area contributed by atoms with Crippen molar-refractivity contribution in [3.05, 3.63) is 59.9 Å². The first-order valence-corrected chi connectivity index (χ1v) is 9.33. The lowest BCUT2D eigenvalue weighted by atomic mass is 10.2. The lowest BCUT2D eigenvalue weighted by Gasteiger charge is -2.21. The van der Waals surface area contributed by atoms with Crippen LogP contribution in [-0.2, 0) is 20.1 Å². The molecule has 0 fully saturated rings. The highest BCUT2D eigenvalue weighted by molar-refractivity contribution is 5.79. The Labute approximate surface area is 162 Å². The summed E-state index contributed by atoms with van der Waals surface area (Å²) in [5, 5.41) is 14.3.